The lowest BCUT2D eigenvalue weighted by Crippen LogP contribution is -2.38. The zero-order valence-corrected chi connectivity index (χ0v) is 12.5. The summed E-state index contributed by atoms with van der Waals surface area (Å²) < 4.78 is 5.63. The number of carbonyl (C=O) groups excluding carboxylic acids is 2. The summed E-state index contributed by atoms with van der Waals surface area (Å²) in [7, 11) is 0. The van der Waals surface area contributed by atoms with Crippen LogP contribution in [-0.2, 0) is 9.59 Å². The first-order valence-corrected chi connectivity index (χ1v) is 7.35. The lowest BCUT2D eigenvalue weighted by molar-refractivity contribution is -0.144. The Morgan fingerprint density at radius 1 is 1.19 bits per heavy atom. The Balaban J connectivity index is 1.96. The Morgan fingerprint density at radius 2 is 1.81 bits per heavy atom. The number of nitrogens with zero attached hydrogens (tertiary/aromatic N) is 1. The first-order valence-electron chi connectivity index (χ1n) is 6.94. The van der Waals surface area contributed by atoms with Gasteiger partial charge in [0.2, 0.25) is 11.8 Å². The van der Waals surface area contributed by atoms with Gasteiger partial charge in [-0.15, -0.1) is 0 Å². The van der Waals surface area contributed by atoms with Crippen molar-refractivity contribution in [2.75, 3.05) is 13.2 Å². The Labute approximate surface area is 129 Å². The molecule has 1 fully saturated rings. The van der Waals surface area contributed by atoms with E-state index in [1.807, 2.05) is 12.1 Å². The number of hydrogen-bond donors (Lipinski definition) is 1. The van der Waals surface area contributed by atoms with E-state index in [1.54, 1.807) is 12.1 Å². The smallest absolute Gasteiger partial charge is 0.229 e. The van der Waals surface area contributed by atoms with Gasteiger partial charge in [-0.05, 0) is 25.0 Å². The van der Waals surface area contributed by atoms with Crippen LogP contribution in [0.2, 0.25) is 0 Å². The third kappa shape index (κ3) is 4.01. The monoisotopic (exact) mass is 306 g/mol. The Bertz CT molecular complexity index is 542. The lowest BCUT2D eigenvalue weighted by Gasteiger charge is -2.19. The maximum Gasteiger partial charge on any atom is 0.229 e. The molecular formula is C15H18N2O3S. The van der Waals surface area contributed by atoms with Gasteiger partial charge in [-0.25, -0.2) is 0 Å². The number of para-hydroxylation sites is 1. The molecule has 2 amide bonds. The summed E-state index contributed by atoms with van der Waals surface area (Å²) in [6.45, 7) is 0.487. The van der Waals surface area contributed by atoms with Crippen LogP contribution >= 0.6 is 12.2 Å². The van der Waals surface area contributed by atoms with Gasteiger partial charge in [0.15, 0.2) is 0 Å². The van der Waals surface area contributed by atoms with Crippen molar-refractivity contribution in [3.63, 3.8) is 0 Å². The second-order valence-corrected chi connectivity index (χ2v) is 5.29. The predicted octanol–water partition coefficient (Wildman–Crippen LogP) is 1.63. The van der Waals surface area contributed by atoms with Gasteiger partial charge in [-0.2, -0.15) is 0 Å². The average Bonchev–Trinajstić information content (AvgIpc) is 2.62. The van der Waals surface area contributed by atoms with Crippen molar-refractivity contribution in [2.45, 2.75) is 25.7 Å². The Kier molecular flexibility index (Phi) is 5.27. The molecule has 2 N–H and O–H groups in total. The second-order valence-electron chi connectivity index (χ2n) is 4.86. The topological polar surface area (TPSA) is 72.6 Å². The molecule has 1 aliphatic rings. The van der Waals surface area contributed by atoms with Crippen LogP contribution in [0.5, 0.6) is 5.75 Å². The summed E-state index contributed by atoms with van der Waals surface area (Å²) in [5, 5.41) is 0. The van der Waals surface area contributed by atoms with Crippen molar-refractivity contribution in [3.8, 4) is 5.75 Å². The highest BCUT2D eigenvalue weighted by Gasteiger charge is 2.23. The van der Waals surface area contributed by atoms with E-state index in [9.17, 15) is 9.59 Å². The molecule has 1 aliphatic heterocycles. The van der Waals surface area contributed by atoms with Crippen LogP contribution in [0.25, 0.3) is 0 Å². The molecule has 1 aromatic rings. The summed E-state index contributed by atoms with van der Waals surface area (Å²) >= 11 is 4.96. The number of imide groups is 1. The van der Waals surface area contributed by atoms with Gasteiger partial charge in [-0.3, -0.25) is 14.5 Å². The molecule has 1 heterocycles. The zero-order chi connectivity index (χ0) is 15.2. The molecule has 0 atom stereocenters. The van der Waals surface area contributed by atoms with Crippen molar-refractivity contribution in [3.05, 3.63) is 29.8 Å². The van der Waals surface area contributed by atoms with E-state index >= 15 is 0 Å². The van der Waals surface area contributed by atoms with E-state index in [1.165, 1.54) is 4.90 Å². The fraction of sp³-hybridized carbons (Fsp3) is 0.400. The number of ether oxygens (including phenoxy) is 1. The minimum atomic E-state index is -0.122. The van der Waals surface area contributed by atoms with Crippen molar-refractivity contribution in [2.24, 2.45) is 5.73 Å². The third-order valence-corrected chi connectivity index (χ3v) is 3.58. The fourth-order valence-electron chi connectivity index (χ4n) is 2.25. The SMILES string of the molecule is NC(=S)c1ccccc1OCCN1C(=O)CCCCC1=O. The number of likely N-dealkylation sites (tertiary alicyclic amines) is 1. The van der Waals surface area contributed by atoms with Crippen LogP contribution in [0.3, 0.4) is 0 Å². The molecule has 0 spiro atoms. The van der Waals surface area contributed by atoms with Crippen molar-refractivity contribution < 1.29 is 14.3 Å². The van der Waals surface area contributed by atoms with Gasteiger partial charge in [0.1, 0.15) is 17.3 Å². The number of rotatable bonds is 5. The van der Waals surface area contributed by atoms with Gasteiger partial charge >= 0.3 is 0 Å². The minimum absolute atomic E-state index is 0.122. The van der Waals surface area contributed by atoms with Gasteiger partial charge in [0.05, 0.1) is 12.1 Å². The van der Waals surface area contributed by atoms with Crippen LogP contribution in [-0.4, -0.2) is 34.9 Å². The van der Waals surface area contributed by atoms with E-state index in [0.717, 1.165) is 12.8 Å². The van der Waals surface area contributed by atoms with E-state index in [2.05, 4.69) is 0 Å². The molecule has 1 saturated heterocycles. The quantitative estimate of drug-likeness (QED) is 0.661. The summed E-state index contributed by atoms with van der Waals surface area (Å²) in [6.07, 6.45) is 2.39. The normalized spacial score (nSPS) is 15.7. The number of hydrogen-bond acceptors (Lipinski definition) is 4. The van der Waals surface area contributed by atoms with Gasteiger partial charge in [0.25, 0.3) is 0 Å². The maximum atomic E-state index is 11.9. The molecule has 112 valence electrons. The van der Waals surface area contributed by atoms with E-state index in [4.69, 9.17) is 22.7 Å². The first kappa shape index (κ1) is 15.4. The number of nitrogens with two attached hydrogens (primary N) is 1. The van der Waals surface area contributed by atoms with Crippen molar-refractivity contribution >= 4 is 29.0 Å². The second kappa shape index (κ2) is 7.17. The molecule has 0 saturated carbocycles. The van der Waals surface area contributed by atoms with Crippen LogP contribution < -0.4 is 10.5 Å². The van der Waals surface area contributed by atoms with Crippen molar-refractivity contribution in [1.82, 2.24) is 4.90 Å². The van der Waals surface area contributed by atoms with Crippen LogP contribution in [0.15, 0.2) is 24.3 Å². The molecule has 0 aliphatic carbocycles. The molecule has 1 aromatic carbocycles. The minimum Gasteiger partial charge on any atom is -0.491 e. The highest BCUT2D eigenvalue weighted by Crippen LogP contribution is 2.18. The number of carbonyl (C=O) groups is 2. The molecule has 0 bridgehead atoms. The molecule has 5 nitrogen and oxygen atoms in total. The van der Waals surface area contributed by atoms with Gasteiger partial charge in [0, 0.05) is 12.8 Å². The standard InChI is InChI=1S/C15H18N2O3S/c16-15(21)11-5-1-2-6-12(11)20-10-9-17-13(18)7-3-4-8-14(17)19/h1-2,5-6H,3-4,7-10H2,(H2,16,21). The fourth-order valence-corrected chi connectivity index (χ4v) is 2.42. The molecular weight excluding hydrogens is 288 g/mol. The lowest BCUT2D eigenvalue weighted by atomic mass is 10.2. The average molecular weight is 306 g/mol. The van der Waals surface area contributed by atoms with Gasteiger partial charge < -0.3 is 10.5 Å². The third-order valence-electron chi connectivity index (χ3n) is 3.36. The van der Waals surface area contributed by atoms with E-state index in [0.29, 0.717) is 24.2 Å². The number of amides is 2. The first-order chi connectivity index (χ1) is 10.1. The molecule has 21 heavy (non-hydrogen) atoms. The van der Waals surface area contributed by atoms with Crippen LogP contribution in [0, 0.1) is 0 Å². The molecule has 0 unspecified atom stereocenters. The Hall–Kier alpha value is -1.95. The zero-order valence-electron chi connectivity index (χ0n) is 11.7. The number of thiocarbonyl (C=S) groups is 1. The summed E-state index contributed by atoms with van der Waals surface area (Å²) in [5.74, 6) is 0.326. The van der Waals surface area contributed by atoms with E-state index < -0.39 is 0 Å². The number of benzene rings is 1. The highest BCUT2D eigenvalue weighted by molar-refractivity contribution is 7.80. The maximum absolute atomic E-state index is 11.9. The molecule has 0 aromatic heterocycles. The van der Waals surface area contributed by atoms with Crippen molar-refractivity contribution in [1.29, 1.82) is 0 Å². The van der Waals surface area contributed by atoms with Gasteiger partial charge in [-0.1, -0.05) is 24.4 Å². The summed E-state index contributed by atoms with van der Waals surface area (Å²) in [5.41, 5.74) is 6.28. The van der Waals surface area contributed by atoms with E-state index in [-0.39, 0.29) is 30.0 Å². The Morgan fingerprint density at radius 3 is 2.43 bits per heavy atom. The molecule has 6 heteroatoms. The highest BCUT2D eigenvalue weighted by atomic mass is 32.1. The van der Waals surface area contributed by atoms with Crippen LogP contribution in [0.1, 0.15) is 31.2 Å². The molecule has 0 radical (unpaired) electrons. The van der Waals surface area contributed by atoms with Crippen LogP contribution in [0.4, 0.5) is 0 Å². The summed E-state index contributed by atoms with van der Waals surface area (Å²) in [4.78, 5) is 25.2. The molecule has 2 rings (SSSR count). The largest absolute Gasteiger partial charge is 0.491 e. The summed E-state index contributed by atoms with van der Waals surface area (Å²) in [6, 6.07) is 7.18. The predicted molar refractivity (Wildman–Crippen MR) is 83.0 cm³/mol.